The number of hydrogen-bond acceptors (Lipinski definition) is 8. The third-order valence-electron chi connectivity index (χ3n) is 7.87. The number of rotatable bonds is 8. The van der Waals surface area contributed by atoms with Gasteiger partial charge in [-0.05, 0) is 43.0 Å². The maximum atomic E-state index is 16.4. The van der Waals surface area contributed by atoms with Gasteiger partial charge in [-0.25, -0.2) is 14.2 Å². The first-order valence-corrected chi connectivity index (χ1v) is 14.9. The molecule has 1 unspecified atom stereocenters. The van der Waals surface area contributed by atoms with Gasteiger partial charge in [0, 0.05) is 35.2 Å². The molecule has 3 N–H and O–H groups in total. The number of nitrogens with one attached hydrogen (secondary N) is 2. The molecule has 0 bridgehead atoms. The van der Waals surface area contributed by atoms with Crippen LogP contribution in [0.25, 0.3) is 10.6 Å². The topological polar surface area (TPSA) is 122 Å². The Morgan fingerprint density at radius 2 is 2.00 bits per heavy atom. The number of pyridine rings is 1. The van der Waals surface area contributed by atoms with Crippen LogP contribution >= 0.6 is 11.3 Å². The van der Waals surface area contributed by atoms with Crippen molar-refractivity contribution in [3.05, 3.63) is 57.7 Å². The molecule has 0 saturated carbocycles. The van der Waals surface area contributed by atoms with Crippen molar-refractivity contribution in [2.75, 3.05) is 26.1 Å². The zero-order chi connectivity index (χ0) is 31.1. The van der Waals surface area contributed by atoms with Crippen LogP contribution < -0.4 is 20.1 Å². The summed E-state index contributed by atoms with van der Waals surface area (Å²) in [7, 11) is 3.11. The molecule has 12 heteroatoms. The number of amides is 2. The van der Waals surface area contributed by atoms with Crippen LogP contribution in [0, 0.1) is 18.2 Å². The van der Waals surface area contributed by atoms with Crippen LogP contribution in [0.3, 0.4) is 0 Å². The van der Waals surface area contributed by atoms with Gasteiger partial charge in [0.1, 0.15) is 11.5 Å². The zero-order valence-electron chi connectivity index (χ0n) is 25.1. The van der Waals surface area contributed by atoms with Crippen molar-refractivity contribution in [3.63, 3.8) is 0 Å². The maximum Gasteiger partial charge on any atom is 0.405 e. The van der Waals surface area contributed by atoms with E-state index in [1.807, 2.05) is 45.9 Å². The monoisotopic (exact) mass is 612 g/mol. The summed E-state index contributed by atoms with van der Waals surface area (Å²) in [6.07, 6.45) is -1.21. The molecule has 3 atom stereocenters. The van der Waals surface area contributed by atoms with Gasteiger partial charge in [-0.3, -0.25) is 4.79 Å². The summed E-state index contributed by atoms with van der Waals surface area (Å²) in [6.45, 7) is 8.48. The molecule has 43 heavy (non-hydrogen) atoms. The lowest BCUT2D eigenvalue weighted by molar-refractivity contribution is -0.0714. The molecule has 2 amide bonds. The van der Waals surface area contributed by atoms with Gasteiger partial charge in [-0.15, -0.1) is 11.3 Å². The van der Waals surface area contributed by atoms with E-state index in [0.717, 1.165) is 15.3 Å². The second-order valence-electron chi connectivity index (χ2n) is 11.9. The molecular weight excluding hydrogens is 575 g/mol. The first kappa shape index (κ1) is 30.6. The number of benzene rings is 1. The van der Waals surface area contributed by atoms with E-state index >= 15 is 4.39 Å². The summed E-state index contributed by atoms with van der Waals surface area (Å²) in [6, 6.07) is 8.02. The summed E-state index contributed by atoms with van der Waals surface area (Å²) in [5, 5.41) is 15.4. The van der Waals surface area contributed by atoms with E-state index in [1.54, 1.807) is 31.3 Å². The predicted octanol–water partition coefficient (Wildman–Crippen LogP) is 5.68. The standard InChI is InChI=1S/C31H37FN4O6S/c1-16-7-10-22(43-16)26-23-19(15-36(29(23)37)14-17-8-9-18(40-5)13-21(17)41-6)24(32)28(34-26)33-20-11-12-42-27(31(2,3)4)25(20)35-30(38)39/h7-10,13,20,25,27,35H,11-12,14-15H2,1-6H3,(H,33,34)(H,38,39)/t20-,25-,27?/m1/s1. The second-order valence-corrected chi connectivity index (χ2v) is 13.2. The van der Waals surface area contributed by atoms with Gasteiger partial charge in [0.15, 0.2) is 11.6 Å². The van der Waals surface area contributed by atoms with Gasteiger partial charge < -0.3 is 34.9 Å². The lowest BCUT2D eigenvalue weighted by Crippen LogP contribution is -2.61. The van der Waals surface area contributed by atoms with Crippen LogP contribution in [0.15, 0.2) is 30.3 Å². The molecule has 10 nitrogen and oxygen atoms in total. The summed E-state index contributed by atoms with van der Waals surface area (Å²) >= 11 is 1.47. The van der Waals surface area contributed by atoms with E-state index in [9.17, 15) is 14.7 Å². The Morgan fingerprint density at radius 1 is 1.23 bits per heavy atom. The third kappa shape index (κ3) is 6.12. The largest absolute Gasteiger partial charge is 0.497 e. The van der Waals surface area contributed by atoms with Crippen molar-refractivity contribution in [1.29, 1.82) is 0 Å². The Bertz CT molecular complexity index is 1540. The quantitative estimate of drug-likeness (QED) is 0.297. The number of halogens is 1. The minimum Gasteiger partial charge on any atom is -0.497 e. The third-order valence-corrected chi connectivity index (χ3v) is 8.87. The molecule has 2 aliphatic heterocycles. The van der Waals surface area contributed by atoms with Crippen molar-refractivity contribution >= 4 is 29.2 Å². The van der Waals surface area contributed by atoms with Crippen LogP contribution in [-0.2, 0) is 17.8 Å². The summed E-state index contributed by atoms with van der Waals surface area (Å²) < 4.78 is 33.2. The van der Waals surface area contributed by atoms with Crippen molar-refractivity contribution in [3.8, 4) is 22.1 Å². The summed E-state index contributed by atoms with van der Waals surface area (Å²) in [5.74, 6) is 0.209. The van der Waals surface area contributed by atoms with Gasteiger partial charge in [-0.2, -0.15) is 0 Å². The Hall–Kier alpha value is -3.90. The molecule has 230 valence electrons. The lowest BCUT2D eigenvalue weighted by Gasteiger charge is -2.44. The SMILES string of the molecule is COc1ccc(CN2Cc3c(F)c(N[C@@H]4CCOC(C(C)(C)C)[C@@H]4NC(=O)O)nc(-c4ccc(C)s4)c3C2=O)c(OC)c1. The van der Waals surface area contributed by atoms with Crippen LogP contribution in [0.1, 0.15) is 53.6 Å². The van der Waals surface area contributed by atoms with Crippen LogP contribution in [0.2, 0.25) is 0 Å². The van der Waals surface area contributed by atoms with E-state index in [1.165, 1.54) is 11.3 Å². The number of thiophene rings is 1. The summed E-state index contributed by atoms with van der Waals surface area (Å²) in [5.41, 5.74) is 1.25. The number of carbonyl (C=O) groups excluding carboxylic acids is 1. The highest BCUT2D eigenvalue weighted by molar-refractivity contribution is 7.15. The highest BCUT2D eigenvalue weighted by atomic mass is 32.1. The minimum absolute atomic E-state index is 0.0202. The molecule has 3 aromatic rings. The van der Waals surface area contributed by atoms with Gasteiger partial charge in [0.2, 0.25) is 0 Å². The molecule has 2 aromatic heterocycles. The number of carboxylic acid groups (broad SMARTS) is 1. The molecule has 1 fully saturated rings. The van der Waals surface area contributed by atoms with Crippen molar-refractivity contribution < 1.29 is 33.3 Å². The van der Waals surface area contributed by atoms with Crippen LogP contribution in [0.4, 0.5) is 15.0 Å². The summed E-state index contributed by atoms with van der Waals surface area (Å²) in [4.78, 5) is 33.6. The van der Waals surface area contributed by atoms with Gasteiger partial charge in [0.25, 0.3) is 5.91 Å². The fraction of sp³-hybridized carbons (Fsp3) is 0.452. The van der Waals surface area contributed by atoms with Gasteiger partial charge in [0.05, 0.1) is 55.1 Å². The van der Waals surface area contributed by atoms with E-state index in [-0.39, 0.29) is 41.4 Å². The van der Waals surface area contributed by atoms with E-state index in [4.69, 9.17) is 19.2 Å². The van der Waals surface area contributed by atoms with E-state index in [0.29, 0.717) is 30.2 Å². The van der Waals surface area contributed by atoms with E-state index in [2.05, 4.69) is 10.6 Å². The van der Waals surface area contributed by atoms with Crippen molar-refractivity contribution in [2.24, 2.45) is 5.41 Å². The number of aryl methyl sites for hydroxylation is 1. The van der Waals surface area contributed by atoms with Gasteiger partial charge in [-0.1, -0.05) is 20.8 Å². The first-order chi connectivity index (χ1) is 20.4. The van der Waals surface area contributed by atoms with Crippen molar-refractivity contribution in [2.45, 2.75) is 65.4 Å². The average molecular weight is 613 g/mol. The Kier molecular flexibility index (Phi) is 8.53. The molecule has 1 saturated heterocycles. The van der Waals surface area contributed by atoms with Crippen LogP contribution in [-0.4, -0.2) is 66.0 Å². The molecule has 0 aliphatic carbocycles. The Labute approximate surface area is 254 Å². The lowest BCUT2D eigenvalue weighted by atomic mass is 9.80. The number of hydrogen-bond donors (Lipinski definition) is 3. The highest BCUT2D eigenvalue weighted by Crippen LogP contribution is 2.40. The minimum atomic E-state index is -1.19. The number of methoxy groups -OCH3 is 2. The normalized spacial score (nSPS) is 20.1. The molecule has 0 spiro atoms. The molecular formula is C31H37FN4O6S. The highest BCUT2D eigenvalue weighted by Gasteiger charge is 2.43. The number of ether oxygens (including phenoxy) is 3. The molecule has 4 heterocycles. The average Bonchev–Trinajstić information content (AvgIpc) is 3.53. The number of nitrogens with zero attached hydrogens (tertiary/aromatic N) is 2. The molecule has 0 radical (unpaired) electrons. The fourth-order valence-electron chi connectivity index (χ4n) is 5.82. The number of carbonyl (C=O) groups is 2. The Morgan fingerprint density at radius 3 is 2.63 bits per heavy atom. The number of aromatic nitrogens is 1. The second kappa shape index (κ2) is 12.0. The van der Waals surface area contributed by atoms with E-state index < -0.39 is 30.1 Å². The van der Waals surface area contributed by atoms with Crippen molar-refractivity contribution in [1.82, 2.24) is 15.2 Å². The Balaban J connectivity index is 1.54. The van der Waals surface area contributed by atoms with Gasteiger partial charge >= 0.3 is 6.09 Å². The zero-order valence-corrected chi connectivity index (χ0v) is 25.9. The fourth-order valence-corrected chi connectivity index (χ4v) is 6.69. The molecule has 2 aliphatic rings. The number of anilines is 1. The smallest absolute Gasteiger partial charge is 0.405 e. The number of fused-ring (bicyclic) bond motifs is 1. The predicted molar refractivity (Wildman–Crippen MR) is 162 cm³/mol. The molecule has 1 aromatic carbocycles. The van der Waals surface area contributed by atoms with Crippen LogP contribution in [0.5, 0.6) is 11.5 Å². The molecule has 5 rings (SSSR count). The first-order valence-electron chi connectivity index (χ1n) is 14.1. The maximum absolute atomic E-state index is 16.4.